The number of carbonyl (C=O) groups is 4. The average Bonchev–Trinajstić information content (AvgIpc) is 2.67. The molecule has 2 aromatic carbocycles. The minimum atomic E-state index is -0.692. The van der Waals surface area contributed by atoms with E-state index in [1.165, 1.54) is 24.3 Å². The normalized spacial score (nSPS) is 10.1. The van der Waals surface area contributed by atoms with Gasteiger partial charge >= 0.3 is 5.97 Å². The van der Waals surface area contributed by atoms with Crippen LogP contribution in [0.5, 0.6) is 0 Å². The van der Waals surface area contributed by atoms with Crippen molar-refractivity contribution in [1.82, 2.24) is 5.32 Å². The van der Waals surface area contributed by atoms with Crippen LogP contribution in [0.1, 0.15) is 37.4 Å². The van der Waals surface area contributed by atoms with Crippen molar-refractivity contribution in [1.29, 1.82) is 0 Å². The molecule has 0 bridgehead atoms. The molecule has 2 rings (SSSR count). The maximum atomic E-state index is 12.1. The molecule has 146 valence electrons. The largest absolute Gasteiger partial charge is 0.452 e. The van der Waals surface area contributed by atoms with Crippen LogP contribution in [0.25, 0.3) is 0 Å². The molecule has 0 aromatic heterocycles. The van der Waals surface area contributed by atoms with Crippen molar-refractivity contribution < 1.29 is 23.9 Å². The summed E-state index contributed by atoms with van der Waals surface area (Å²) in [5, 5.41) is 5.18. The Morgan fingerprint density at radius 1 is 0.964 bits per heavy atom. The van der Waals surface area contributed by atoms with Crippen molar-refractivity contribution in [2.75, 3.05) is 18.5 Å². The second-order valence-corrected chi connectivity index (χ2v) is 6.41. The third-order valence-electron chi connectivity index (χ3n) is 4.00. The Balaban J connectivity index is 1.79. The van der Waals surface area contributed by atoms with Crippen LogP contribution < -0.4 is 10.6 Å². The lowest BCUT2D eigenvalue weighted by Crippen LogP contribution is -2.35. The van der Waals surface area contributed by atoms with Crippen LogP contribution in [-0.2, 0) is 14.3 Å². The van der Waals surface area contributed by atoms with Crippen LogP contribution in [0.4, 0.5) is 5.69 Å². The van der Waals surface area contributed by atoms with Gasteiger partial charge in [-0.1, -0.05) is 29.8 Å². The van der Waals surface area contributed by atoms with Crippen LogP contribution in [-0.4, -0.2) is 37.2 Å². The zero-order valence-electron chi connectivity index (χ0n) is 16.0. The highest BCUT2D eigenvalue weighted by Crippen LogP contribution is 2.21. The van der Waals surface area contributed by atoms with Crippen molar-refractivity contribution in [2.24, 2.45) is 0 Å². The summed E-state index contributed by atoms with van der Waals surface area (Å²) in [6.45, 7) is 5.02. The molecule has 0 fully saturated rings. The first-order chi connectivity index (χ1) is 13.3. The number of esters is 1. The van der Waals surface area contributed by atoms with Gasteiger partial charge in [-0.15, -0.1) is 0 Å². The van der Waals surface area contributed by atoms with Crippen molar-refractivity contribution in [3.8, 4) is 0 Å². The van der Waals surface area contributed by atoms with Crippen molar-refractivity contribution >= 4 is 29.8 Å². The maximum absolute atomic E-state index is 12.1. The highest BCUT2D eigenvalue weighted by molar-refractivity contribution is 5.96. The second kappa shape index (κ2) is 9.45. The molecule has 0 heterocycles. The fourth-order valence-electron chi connectivity index (χ4n) is 2.70. The number of ether oxygens (including phenoxy) is 1. The first kappa shape index (κ1) is 20.8. The third-order valence-corrected chi connectivity index (χ3v) is 4.00. The highest BCUT2D eigenvalue weighted by atomic mass is 16.5. The van der Waals surface area contributed by atoms with Crippen LogP contribution in [0, 0.1) is 20.8 Å². The molecule has 0 aliphatic carbocycles. The number of nitrogens with one attached hydrogen (secondary N) is 2. The summed E-state index contributed by atoms with van der Waals surface area (Å²) < 4.78 is 4.89. The van der Waals surface area contributed by atoms with Gasteiger partial charge in [0.05, 0.1) is 12.1 Å². The molecule has 0 saturated heterocycles. The Hall–Kier alpha value is -3.48. The van der Waals surface area contributed by atoms with E-state index in [-0.39, 0.29) is 18.0 Å². The molecule has 0 saturated carbocycles. The third kappa shape index (κ3) is 5.77. The SMILES string of the molecule is Cc1cc(C)c(NC(=O)CNC(=O)COC(=O)c2ccc(C=O)cc2)c(C)c1. The predicted molar refractivity (Wildman–Crippen MR) is 104 cm³/mol. The molecule has 2 aromatic rings. The number of rotatable bonds is 7. The minimum absolute atomic E-state index is 0.224. The number of carbonyl (C=O) groups excluding carboxylic acids is 4. The number of benzene rings is 2. The van der Waals surface area contributed by atoms with Crippen molar-refractivity contribution in [3.63, 3.8) is 0 Å². The van der Waals surface area contributed by atoms with Gasteiger partial charge in [0, 0.05) is 11.3 Å². The second-order valence-electron chi connectivity index (χ2n) is 6.41. The summed E-state index contributed by atoms with van der Waals surface area (Å²) in [4.78, 5) is 46.3. The van der Waals surface area contributed by atoms with Crippen molar-refractivity contribution in [3.05, 3.63) is 64.2 Å². The number of amides is 2. The van der Waals surface area contributed by atoms with E-state index < -0.39 is 18.5 Å². The minimum Gasteiger partial charge on any atom is -0.452 e. The summed E-state index contributed by atoms with van der Waals surface area (Å²) in [6, 6.07) is 9.74. The van der Waals surface area contributed by atoms with E-state index in [1.807, 2.05) is 32.9 Å². The smallest absolute Gasteiger partial charge is 0.338 e. The standard InChI is InChI=1S/C21H22N2O5/c1-13-8-14(2)20(15(3)9-13)23-18(25)10-22-19(26)12-28-21(27)17-6-4-16(11-24)5-7-17/h4-9,11H,10,12H2,1-3H3,(H,22,26)(H,23,25). The molecule has 0 aliphatic heterocycles. The first-order valence-electron chi connectivity index (χ1n) is 8.67. The number of anilines is 1. The van der Waals surface area contributed by atoms with Crippen LogP contribution >= 0.6 is 0 Å². The lowest BCUT2D eigenvalue weighted by atomic mass is 10.1. The van der Waals surface area contributed by atoms with E-state index in [2.05, 4.69) is 10.6 Å². The van der Waals surface area contributed by atoms with Crippen LogP contribution in [0.15, 0.2) is 36.4 Å². The number of aldehydes is 1. The molecule has 0 spiro atoms. The van der Waals surface area contributed by atoms with Gasteiger partial charge in [0.1, 0.15) is 6.29 Å². The maximum Gasteiger partial charge on any atom is 0.338 e. The summed E-state index contributed by atoms with van der Waals surface area (Å²) in [6.07, 6.45) is 0.660. The van der Waals surface area contributed by atoms with Gasteiger partial charge in [-0.2, -0.15) is 0 Å². The predicted octanol–water partition coefficient (Wildman–Crippen LogP) is 2.34. The quantitative estimate of drug-likeness (QED) is 0.565. The first-order valence-corrected chi connectivity index (χ1v) is 8.67. The Kier molecular flexibility index (Phi) is 7.03. The topological polar surface area (TPSA) is 102 Å². The van der Waals surface area contributed by atoms with Gasteiger partial charge < -0.3 is 15.4 Å². The van der Waals surface area contributed by atoms with E-state index >= 15 is 0 Å². The monoisotopic (exact) mass is 382 g/mol. The van der Waals surface area contributed by atoms with Crippen LogP contribution in [0.2, 0.25) is 0 Å². The molecule has 28 heavy (non-hydrogen) atoms. The average molecular weight is 382 g/mol. The molecule has 0 atom stereocenters. The fourth-order valence-corrected chi connectivity index (χ4v) is 2.70. The number of hydrogen-bond acceptors (Lipinski definition) is 5. The van der Waals surface area contributed by atoms with E-state index in [0.717, 1.165) is 22.4 Å². The summed E-state index contributed by atoms with van der Waals surface area (Å²) in [5.41, 5.74) is 4.35. The Labute approximate surface area is 163 Å². The van der Waals surface area contributed by atoms with Gasteiger partial charge in [-0.3, -0.25) is 14.4 Å². The number of aryl methyl sites for hydroxylation is 3. The zero-order valence-corrected chi connectivity index (χ0v) is 16.0. The summed E-state index contributed by atoms with van der Waals surface area (Å²) >= 11 is 0. The molecule has 0 radical (unpaired) electrons. The lowest BCUT2D eigenvalue weighted by molar-refractivity contribution is -0.126. The van der Waals surface area contributed by atoms with E-state index in [4.69, 9.17) is 4.74 Å². The molecule has 0 unspecified atom stereocenters. The van der Waals surface area contributed by atoms with E-state index in [9.17, 15) is 19.2 Å². The molecule has 2 N–H and O–H groups in total. The Morgan fingerprint density at radius 3 is 2.14 bits per heavy atom. The van der Waals surface area contributed by atoms with Gasteiger partial charge in [0.15, 0.2) is 6.61 Å². The van der Waals surface area contributed by atoms with Gasteiger partial charge in [-0.25, -0.2) is 4.79 Å². The van der Waals surface area contributed by atoms with Gasteiger partial charge in [0.2, 0.25) is 5.91 Å². The molecule has 0 aliphatic rings. The molecular weight excluding hydrogens is 360 g/mol. The lowest BCUT2D eigenvalue weighted by Gasteiger charge is -2.13. The Morgan fingerprint density at radius 2 is 1.57 bits per heavy atom. The summed E-state index contributed by atoms with van der Waals surface area (Å²) in [5.74, 6) is -1.66. The summed E-state index contributed by atoms with van der Waals surface area (Å²) in [7, 11) is 0. The fraction of sp³-hybridized carbons (Fsp3) is 0.238. The highest BCUT2D eigenvalue weighted by Gasteiger charge is 2.12. The van der Waals surface area contributed by atoms with Crippen molar-refractivity contribution in [2.45, 2.75) is 20.8 Å². The number of hydrogen-bond donors (Lipinski definition) is 2. The molecule has 2 amide bonds. The zero-order chi connectivity index (χ0) is 20.7. The molecular formula is C21H22N2O5. The van der Waals surface area contributed by atoms with Gasteiger partial charge in [0.25, 0.3) is 5.91 Å². The Bertz CT molecular complexity index is 881. The molecule has 7 heteroatoms. The van der Waals surface area contributed by atoms with Gasteiger partial charge in [-0.05, 0) is 44.0 Å². The van der Waals surface area contributed by atoms with Crippen LogP contribution in [0.3, 0.4) is 0 Å². The van der Waals surface area contributed by atoms with E-state index in [0.29, 0.717) is 11.8 Å². The van der Waals surface area contributed by atoms with E-state index in [1.54, 1.807) is 0 Å². The molecule has 7 nitrogen and oxygen atoms in total.